The fourth-order valence-corrected chi connectivity index (χ4v) is 3.07. The molecule has 18 heavy (non-hydrogen) atoms. The van der Waals surface area contributed by atoms with Gasteiger partial charge in [-0.2, -0.15) is 0 Å². The van der Waals surface area contributed by atoms with Crippen molar-refractivity contribution in [2.24, 2.45) is 0 Å². The number of ketones is 1. The van der Waals surface area contributed by atoms with Crippen LogP contribution in [0.4, 0.5) is 5.69 Å². The van der Waals surface area contributed by atoms with Gasteiger partial charge in [0.25, 0.3) is 11.7 Å². The lowest BCUT2D eigenvalue weighted by molar-refractivity contribution is -0.115. The number of carbonyl (C=O) groups is 2. The van der Waals surface area contributed by atoms with Crippen LogP contribution in [0, 0.1) is 0 Å². The summed E-state index contributed by atoms with van der Waals surface area (Å²) < 4.78 is 0. The van der Waals surface area contributed by atoms with Crippen LogP contribution in [0.15, 0.2) is 18.2 Å². The van der Waals surface area contributed by atoms with E-state index in [1.165, 1.54) is 4.90 Å². The Morgan fingerprint density at radius 3 is 2.72 bits per heavy atom. The molecule has 1 aromatic carbocycles. The largest absolute Gasteiger partial charge is 0.391 e. The van der Waals surface area contributed by atoms with Crippen molar-refractivity contribution in [2.45, 2.75) is 31.4 Å². The van der Waals surface area contributed by atoms with E-state index in [0.717, 1.165) is 6.42 Å². The van der Waals surface area contributed by atoms with Gasteiger partial charge in [-0.3, -0.25) is 14.5 Å². The van der Waals surface area contributed by atoms with E-state index in [1.54, 1.807) is 18.2 Å². The molecule has 5 heteroatoms. The second-order valence-corrected chi connectivity index (χ2v) is 5.11. The molecule has 1 heterocycles. The SMILES string of the molecule is O=C1C(=O)N([C@H]2CCC[C@@H]2O)c2cccc(Cl)c21. The highest BCUT2D eigenvalue weighted by Gasteiger charge is 2.44. The second kappa shape index (κ2) is 4.07. The quantitative estimate of drug-likeness (QED) is 0.788. The van der Waals surface area contributed by atoms with Crippen molar-refractivity contribution in [3.8, 4) is 0 Å². The summed E-state index contributed by atoms with van der Waals surface area (Å²) in [5, 5.41) is 10.2. The highest BCUT2D eigenvalue weighted by Crippen LogP contribution is 2.38. The first kappa shape index (κ1) is 11.7. The number of halogens is 1. The normalized spacial score (nSPS) is 26.9. The van der Waals surface area contributed by atoms with Crippen molar-refractivity contribution in [1.29, 1.82) is 0 Å². The van der Waals surface area contributed by atoms with Crippen LogP contribution in [0.5, 0.6) is 0 Å². The van der Waals surface area contributed by atoms with E-state index < -0.39 is 17.8 Å². The zero-order valence-electron chi connectivity index (χ0n) is 9.60. The second-order valence-electron chi connectivity index (χ2n) is 4.70. The molecule has 0 saturated heterocycles. The third kappa shape index (κ3) is 1.49. The molecule has 1 aliphatic heterocycles. The average Bonchev–Trinajstić information content (AvgIpc) is 2.84. The van der Waals surface area contributed by atoms with E-state index in [9.17, 15) is 14.7 Å². The predicted octanol–water partition coefficient (Wildman–Crippen LogP) is 1.78. The lowest BCUT2D eigenvalue weighted by Crippen LogP contribution is -2.43. The molecule has 1 N–H and O–H groups in total. The summed E-state index contributed by atoms with van der Waals surface area (Å²) in [5.74, 6) is -1.15. The number of aliphatic hydroxyl groups excluding tert-OH is 1. The topological polar surface area (TPSA) is 57.6 Å². The van der Waals surface area contributed by atoms with Gasteiger partial charge in [0.2, 0.25) is 0 Å². The van der Waals surface area contributed by atoms with Crippen molar-refractivity contribution in [3.05, 3.63) is 28.8 Å². The molecule has 0 aromatic heterocycles. The maximum absolute atomic E-state index is 12.1. The summed E-state index contributed by atoms with van der Waals surface area (Å²) in [4.78, 5) is 25.4. The third-order valence-corrected chi connectivity index (χ3v) is 3.98. The number of fused-ring (bicyclic) bond motifs is 1. The number of anilines is 1. The zero-order chi connectivity index (χ0) is 12.9. The number of hydrogen-bond acceptors (Lipinski definition) is 3. The Hall–Kier alpha value is -1.39. The Morgan fingerprint density at radius 2 is 2.06 bits per heavy atom. The molecule has 94 valence electrons. The van der Waals surface area contributed by atoms with Crippen molar-refractivity contribution < 1.29 is 14.7 Å². The van der Waals surface area contributed by atoms with Crippen molar-refractivity contribution in [3.63, 3.8) is 0 Å². The van der Waals surface area contributed by atoms with Gasteiger partial charge < -0.3 is 5.11 Å². The van der Waals surface area contributed by atoms with E-state index in [-0.39, 0.29) is 11.6 Å². The fourth-order valence-electron chi connectivity index (χ4n) is 2.82. The van der Waals surface area contributed by atoms with Crippen LogP contribution in [0.2, 0.25) is 5.02 Å². The van der Waals surface area contributed by atoms with Crippen molar-refractivity contribution >= 4 is 29.0 Å². The van der Waals surface area contributed by atoms with E-state index in [2.05, 4.69) is 0 Å². The number of aliphatic hydroxyl groups is 1. The van der Waals surface area contributed by atoms with Crippen molar-refractivity contribution in [1.82, 2.24) is 0 Å². The van der Waals surface area contributed by atoms with Crippen LogP contribution in [-0.2, 0) is 4.79 Å². The van der Waals surface area contributed by atoms with Crippen LogP contribution in [0.25, 0.3) is 0 Å². The van der Waals surface area contributed by atoms with Crippen LogP contribution < -0.4 is 4.90 Å². The fraction of sp³-hybridized carbons (Fsp3) is 0.385. The molecule has 2 atom stereocenters. The molecular weight excluding hydrogens is 254 g/mol. The first-order valence-electron chi connectivity index (χ1n) is 5.95. The molecule has 1 aromatic rings. The number of amides is 1. The van der Waals surface area contributed by atoms with Gasteiger partial charge in [0.15, 0.2) is 0 Å². The summed E-state index contributed by atoms with van der Waals surface area (Å²) in [6.45, 7) is 0. The van der Waals surface area contributed by atoms with E-state index in [1.807, 2.05) is 0 Å². The third-order valence-electron chi connectivity index (χ3n) is 3.67. The monoisotopic (exact) mass is 265 g/mol. The van der Waals surface area contributed by atoms with Crippen LogP contribution in [-0.4, -0.2) is 28.9 Å². The summed E-state index contributed by atoms with van der Waals surface area (Å²) in [7, 11) is 0. The summed E-state index contributed by atoms with van der Waals surface area (Å²) in [5.41, 5.74) is 0.798. The first-order valence-corrected chi connectivity index (χ1v) is 6.33. The molecular formula is C13H12ClNO3. The van der Waals surface area contributed by atoms with Crippen LogP contribution in [0.3, 0.4) is 0 Å². The van der Waals surface area contributed by atoms with Gasteiger partial charge in [0.1, 0.15) is 0 Å². The first-order chi connectivity index (χ1) is 8.61. The van der Waals surface area contributed by atoms with Crippen LogP contribution >= 0.6 is 11.6 Å². The Kier molecular flexibility index (Phi) is 2.64. The Labute approximate surface area is 109 Å². The molecule has 2 aliphatic rings. The predicted molar refractivity (Wildman–Crippen MR) is 66.9 cm³/mol. The summed E-state index contributed by atoms with van der Waals surface area (Å²) >= 11 is 5.98. The molecule has 1 fully saturated rings. The van der Waals surface area contributed by atoms with Gasteiger partial charge in [0.05, 0.1) is 28.4 Å². The number of rotatable bonds is 1. The summed E-state index contributed by atoms with van der Waals surface area (Å²) in [6.07, 6.45) is 1.68. The number of benzene rings is 1. The Balaban J connectivity index is 2.10. The molecule has 4 nitrogen and oxygen atoms in total. The van der Waals surface area contributed by atoms with Gasteiger partial charge in [-0.15, -0.1) is 0 Å². The smallest absolute Gasteiger partial charge is 0.299 e. The van der Waals surface area contributed by atoms with E-state index in [4.69, 9.17) is 11.6 Å². The Bertz CT molecular complexity index is 543. The van der Waals surface area contributed by atoms with E-state index in [0.29, 0.717) is 23.6 Å². The molecule has 0 unspecified atom stereocenters. The molecule has 1 aliphatic carbocycles. The lowest BCUT2D eigenvalue weighted by Gasteiger charge is -2.26. The minimum absolute atomic E-state index is 0.267. The molecule has 0 spiro atoms. The van der Waals surface area contributed by atoms with Gasteiger partial charge in [-0.25, -0.2) is 0 Å². The number of Topliss-reactive ketones (excluding diaryl/α,β-unsaturated/α-hetero) is 1. The number of hydrogen-bond donors (Lipinski definition) is 1. The number of carbonyl (C=O) groups excluding carboxylic acids is 2. The summed E-state index contributed by atoms with van der Waals surface area (Å²) in [6, 6.07) is 4.71. The molecule has 1 amide bonds. The molecule has 1 saturated carbocycles. The molecule has 0 bridgehead atoms. The lowest BCUT2D eigenvalue weighted by atomic mass is 10.1. The standard InChI is InChI=1S/C13H12ClNO3/c14-7-3-1-5-9-11(7)12(17)13(18)15(9)8-4-2-6-10(8)16/h1,3,5,8,10,16H,2,4,6H2/t8-,10-/m0/s1. The average molecular weight is 266 g/mol. The van der Waals surface area contributed by atoms with Gasteiger partial charge in [-0.05, 0) is 31.4 Å². The zero-order valence-corrected chi connectivity index (χ0v) is 10.4. The minimum Gasteiger partial charge on any atom is -0.391 e. The van der Waals surface area contributed by atoms with E-state index >= 15 is 0 Å². The maximum Gasteiger partial charge on any atom is 0.299 e. The maximum atomic E-state index is 12.1. The number of nitrogens with zero attached hydrogens (tertiary/aromatic N) is 1. The molecule has 0 radical (unpaired) electrons. The highest BCUT2D eigenvalue weighted by molar-refractivity contribution is 6.55. The van der Waals surface area contributed by atoms with Gasteiger partial charge in [-0.1, -0.05) is 17.7 Å². The van der Waals surface area contributed by atoms with Gasteiger partial charge >= 0.3 is 0 Å². The van der Waals surface area contributed by atoms with Crippen LogP contribution in [0.1, 0.15) is 29.6 Å². The van der Waals surface area contributed by atoms with Gasteiger partial charge in [0, 0.05) is 0 Å². The highest BCUT2D eigenvalue weighted by atomic mass is 35.5. The Morgan fingerprint density at radius 1 is 1.28 bits per heavy atom. The minimum atomic E-state index is -0.580. The van der Waals surface area contributed by atoms with Crippen molar-refractivity contribution in [2.75, 3.05) is 4.90 Å². The molecule has 3 rings (SSSR count).